The van der Waals surface area contributed by atoms with Gasteiger partial charge >= 0.3 is 0 Å². The first-order valence-electron chi connectivity index (χ1n) is 6.88. The normalized spacial score (nSPS) is 11.2. The van der Waals surface area contributed by atoms with Gasteiger partial charge in [-0.1, -0.05) is 43.3 Å². The van der Waals surface area contributed by atoms with Gasteiger partial charge in [-0.15, -0.1) is 0 Å². The third kappa shape index (κ3) is 4.15. The molecule has 0 saturated heterocycles. The molecule has 0 fully saturated rings. The topological polar surface area (TPSA) is 74.2 Å². The van der Waals surface area contributed by atoms with Crippen LogP contribution in [0.4, 0.5) is 0 Å². The summed E-state index contributed by atoms with van der Waals surface area (Å²) in [5, 5.41) is 3.98. The fraction of sp³-hybridized carbons (Fsp3) is 0.467. The van der Waals surface area contributed by atoms with Crippen molar-refractivity contribution in [2.75, 3.05) is 13.2 Å². The van der Waals surface area contributed by atoms with Crippen molar-refractivity contribution < 1.29 is 9.26 Å². The minimum Gasteiger partial charge on any atom is -0.381 e. The molecule has 2 aromatic rings. The summed E-state index contributed by atoms with van der Waals surface area (Å²) >= 11 is 0. The standard InChI is InChI=1S/C15H21N3O2/c1-11(2)10-19-8-7-14-17-15(18-20-14)13-5-3-12(9-16)4-6-13/h3-6,11H,7-10,16H2,1-2H3. The second-order valence-corrected chi connectivity index (χ2v) is 5.13. The molecule has 20 heavy (non-hydrogen) atoms. The highest BCUT2D eigenvalue weighted by molar-refractivity contribution is 5.54. The number of hydrogen-bond donors (Lipinski definition) is 1. The van der Waals surface area contributed by atoms with Crippen LogP contribution in [0.3, 0.4) is 0 Å². The number of aromatic nitrogens is 2. The van der Waals surface area contributed by atoms with Gasteiger partial charge in [0.05, 0.1) is 13.0 Å². The molecular weight excluding hydrogens is 254 g/mol. The molecule has 2 rings (SSSR count). The molecule has 0 amide bonds. The Morgan fingerprint density at radius 2 is 2.00 bits per heavy atom. The monoisotopic (exact) mass is 275 g/mol. The summed E-state index contributed by atoms with van der Waals surface area (Å²) in [6, 6.07) is 7.84. The average molecular weight is 275 g/mol. The van der Waals surface area contributed by atoms with Crippen LogP contribution in [0, 0.1) is 5.92 Å². The zero-order chi connectivity index (χ0) is 14.4. The highest BCUT2D eigenvalue weighted by Crippen LogP contribution is 2.16. The molecular formula is C15H21N3O2. The maximum absolute atomic E-state index is 5.57. The van der Waals surface area contributed by atoms with Gasteiger partial charge < -0.3 is 15.0 Å². The molecule has 5 heteroatoms. The summed E-state index contributed by atoms with van der Waals surface area (Å²) in [4.78, 5) is 4.36. The Hall–Kier alpha value is -1.72. The molecule has 1 aromatic heterocycles. The molecule has 1 aromatic carbocycles. The van der Waals surface area contributed by atoms with E-state index in [1.165, 1.54) is 0 Å². The van der Waals surface area contributed by atoms with E-state index in [9.17, 15) is 0 Å². The zero-order valence-corrected chi connectivity index (χ0v) is 12.0. The third-order valence-corrected chi connectivity index (χ3v) is 2.83. The molecule has 5 nitrogen and oxygen atoms in total. The Morgan fingerprint density at radius 1 is 1.25 bits per heavy atom. The van der Waals surface area contributed by atoms with Gasteiger partial charge in [-0.25, -0.2) is 0 Å². The van der Waals surface area contributed by atoms with E-state index in [0.29, 0.717) is 37.2 Å². The van der Waals surface area contributed by atoms with E-state index >= 15 is 0 Å². The van der Waals surface area contributed by atoms with E-state index in [1.54, 1.807) is 0 Å². The maximum Gasteiger partial charge on any atom is 0.229 e. The van der Waals surface area contributed by atoms with Crippen molar-refractivity contribution in [2.45, 2.75) is 26.8 Å². The molecule has 0 bridgehead atoms. The smallest absolute Gasteiger partial charge is 0.229 e. The van der Waals surface area contributed by atoms with E-state index in [1.807, 2.05) is 24.3 Å². The number of benzene rings is 1. The lowest BCUT2D eigenvalue weighted by Crippen LogP contribution is -2.05. The lowest BCUT2D eigenvalue weighted by molar-refractivity contribution is 0.108. The quantitative estimate of drug-likeness (QED) is 0.785. The Morgan fingerprint density at radius 3 is 2.65 bits per heavy atom. The van der Waals surface area contributed by atoms with Gasteiger partial charge in [-0.05, 0) is 11.5 Å². The molecule has 0 atom stereocenters. The van der Waals surface area contributed by atoms with Gasteiger partial charge in [0.1, 0.15) is 0 Å². The number of nitrogens with zero attached hydrogens (tertiary/aromatic N) is 2. The SMILES string of the molecule is CC(C)COCCc1nc(-c2ccc(CN)cc2)no1. The summed E-state index contributed by atoms with van der Waals surface area (Å²) in [7, 11) is 0. The highest BCUT2D eigenvalue weighted by Gasteiger charge is 2.08. The molecule has 0 saturated carbocycles. The summed E-state index contributed by atoms with van der Waals surface area (Å²) in [6.07, 6.45) is 0.639. The fourth-order valence-electron chi connectivity index (χ4n) is 1.74. The van der Waals surface area contributed by atoms with Crippen molar-refractivity contribution >= 4 is 0 Å². The van der Waals surface area contributed by atoms with E-state index in [2.05, 4.69) is 24.0 Å². The van der Waals surface area contributed by atoms with Crippen LogP contribution in [0.25, 0.3) is 11.4 Å². The first-order chi connectivity index (χ1) is 9.69. The number of hydrogen-bond acceptors (Lipinski definition) is 5. The van der Waals surface area contributed by atoms with E-state index in [4.69, 9.17) is 15.0 Å². The fourth-order valence-corrected chi connectivity index (χ4v) is 1.74. The zero-order valence-electron chi connectivity index (χ0n) is 12.0. The minimum absolute atomic E-state index is 0.533. The van der Waals surface area contributed by atoms with Crippen LogP contribution in [0.2, 0.25) is 0 Å². The summed E-state index contributed by atoms with van der Waals surface area (Å²) in [6.45, 7) is 6.13. The average Bonchev–Trinajstić information content (AvgIpc) is 2.92. The molecule has 0 aliphatic heterocycles. The summed E-state index contributed by atoms with van der Waals surface area (Å²) in [5.74, 6) is 1.74. The Balaban J connectivity index is 1.90. The third-order valence-electron chi connectivity index (χ3n) is 2.83. The number of ether oxygens (including phenoxy) is 1. The van der Waals surface area contributed by atoms with Crippen LogP contribution < -0.4 is 5.73 Å². The highest BCUT2D eigenvalue weighted by atomic mass is 16.5. The number of rotatable bonds is 7. The minimum atomic E-state index is 0.533. The maximum atomic E-state index is 5.57. The second kappa shape index (κ2) is 7.17. The van der Waals surface area contributed by atoms with E-state index in [0.717, 1.165) is 17.7 Å². The predicted octanol–water partition coefficient (Wildman–Crippen LogP) is 2.41. The van der Waals surface area contributed by atoms with Gasteiger partial charge in [0, 0.05) is 18.7 Å². The molecule has 0 aliphatic rings. The van der Waals surface area contributed by atoms with Crippen LogP contribution in [0.5, 0.6) is 0 Å². The van der Waals surface area contributed by atoms with Crippen molar-refractivity contribution in [3.05, 3.63) is 35.7 Å². The number of nitrogens with two attached hydrogens (primary N) is 1. The van der Waals surface area contributed by atoms with Crippen molar-refractivity contribution in [3.8, 4) is 11.4 Å². The Bertz CT molecular complexity index is 520. The van der Waals surface area contributed by atoms with Crippen molar-refractivity contribution in [2.24, 2.45) is 11.7 Å². The van der Waals surface area contributed by atoms with Gasteiger partial charge in [0.25, 0.3) is 0 Å². The first-order valence-corrected chi connectivity index (χ1v) is 6.88. The van der Waals surface area contributed by atoms with E-state index in [-0.39, 0.29) is 0 Å². The van der Waals surface area contributed by atoms with Gasteiger partial charge in [-0.2, -0.15) is 4.98 Å². The second-order valence-electron chi connectivity index (χ2n) is 5.13. The Kier molecular flexibility index (Phi) is 5.26. The summed E-state index contributed by atoms with van der Waals surface area (Å²) in [5.41, 5.74) is 7.58. The van der Waals surface area contributed by atoms with Crippen LogP contribution in [-0.2, 0) is 17.7 Å². The van der Waals surface area contributed by atoms with Crippen LogP contribution in [-0.4, -0.2) is 23.4 Å². The van der Waals surface area contributed by atoms with Crippen LogP contribution in [0.15, 0.2) is 28.8 Å². The van der Waals surface area contributed by atoms with Gasteiger partial charge in [0.2, 0.25) is 11.7 Å². The van der Waals surface area contributed by atoms with Crippen molar-refractivity contribution in [3.63, 3.8) is 0 Å². The van der Waals surface area contributed by atoms with Gasteiger partial charge in [-0.3, -0.25) is 0 Å². The summed E-state index contributed by atoms with van der Waals surface area (Å²) < 4.78 is 10.7. The molecule has 2 N–H and O–H groups in total. The van der Waals surface area contributed by atoms with Gasteiger partial charge in [0.15, 0.2) is 0 Å². The van der Waals surface area contributed by atoms with Crippen molar-refractivity contribution in [1.29, 1.82) is 0 Å². The van der Waals surface area contributed by atoms with Crippen LogP contribution >= 0.6 is 0 Å². The molecule has 0 aliphatic carbocycles. The van der Waals surface area contributed by atoms with Crippen LogP contribution in [0.1, 0.15) is 25.3 Å². The molecule has 0 radical (unpaired) electrons. The molecule has 1 heterocycles. The van der Waals surface area contributed by atoms with E-state index < -0.39 is 0 Å². The lowest BCUT2D eigenvalue weighted by Gasteiger charge is -2.04. The molecule has 0 unspecified atom stereocenters. The molecule has 0 spiro atoms. The lowest BCUT2D eigenvalue weighted by atomic mass is 10.1. The largest absolute Gasteiger partial charge is 0.381 e. The Labute approximate surface area is 119 Å². The first kappa shape index (κ1) is 14.7. The van der Waals surface area contributed by atoms with Crippen molar-refractivity contribution in [1.82, 2.24) is 10.1 Å². The predicted molar refractivity (Wildman–Crippen MR) is 77.0 cm³/mol. The molecule has 108 valence electrons.